The Morgan fingerprint density at radius 2 is 1.17 bits per heavy atom. The molecule has 1 nitrogen and oxygen atoms in total. The molecule has 4 rings (SSSR count). The van der Waals surface area contributed by atoms with E-state index in [0.717, 1.165) is 25.7 Å². The molecule has 0 saturated heterocycles. The summed E-state index contributed by atoms with van der Waals surface area (Å²) < 4.78 is 0. The predicted molar refractivity (Wildman–Crippen MR) is 73.5 cm³/mol. The van der Waals surface area contributed by atoms with Crippen LogP contribution < -0.4 is 0 Å². The molecule has 1 heteroatoms. The monoisotopic (exact) mass is 236 g/mol. The normalized spacial score (nSPS) is 15.0. The Morgan fingerprint density at radius 1 is 0.722 bits per heavy atom. The van der Waals surface area contributed by atoms with Crippen molar-refractivity contribution >= 4 is 5.78 Å². The van der Waals surface area contributed by atoms with E-state index < -0.39 is 0 Å². The van der Waals surface area contributed by atoms with Crippen molar-refractivity contribution in [1.29, 1.82) is 0 Å². The topological polar surface area (TPSA) is 17.1 Å². The minimum atomic E-state index is 0.435. The van der Waals surface area contributed by atoms with Crippen molar-refractivity contribution in [2.75, 3.05) is 0 Å². The van der Waals surface area contributed by atoms with Gasteiger partial charge in [-0.2, -0.15) is 0 Å². The molecule has 0 heterocycles. The number of carbonyl (C=O) groups excluding carboxylic acids is 1. The molecule has 0 amide bonds. The van der Waals surface area contributed by atoms with E-state index in [1.165, 1.54) is 22.3 Å². The lowest BCUT2D eigenvalue weighted by atomic mass is 9.99. The molecule has 2 aliphatic carbocycles. The molecule has 1 saturated carbocycles. The summed E-state index contributed by atoms with van der Waals surface area (Å²) in [5, 5.41) is 0. The molecule has 0 N–H and O–H groups in total. The Labute approximate surface area is 107 Å². The van der Waals surface area contributed by atoms with E-state index in [-0.39, 0.29) is 0 Å². The van der Waals surface area contributed by atoms with Crippen molar-refractivity contribution in [2.45, 2.75) is 25.7 Å². The van der Waals surface area contributed by atoms with Gasteiger partial charge in [0.15, 0.2) is 0 Å². The molecule has 90 valence electrons. The van der Waals surface area contributed by atoms with Gasteiger partial charge in [-0.15, -0.1) is 0 Å². The molecule has 0 bridgehead atoms. The number of ketones is 1. The van der Waals surface area contributed by atoms with Gasteiger partial charge in [-0.05, 0) is 35.1 Å². The number of Topliss-reactive ketones (excluding diaryl/α,β-unsaturated/α-hetero) is 1. The SMILES string of the molecule is O=C1CCC1.c1ccc2c(c1)Cc1ccccc1-2. The highest BCUT2D eigenvalue weighted by molar-refractivity contribution is 5.83. The second kappa shape index (κ2) is 4.77. The van der Waals surface area contributed by atoms with Crippen LogP contribution >= 0.6 is 0 Å². The highest BCUT2D eigenvalue weighted by Crippen LogP contribution is 2.35. The maximum Gasteiger partial charge on any atom is 0.132 e. The fourth-order valence-corrected chi connectivity index (χ4v) is 2.40. The third-order valence-corrected chi connectivity index (χ3v) is 3.62. The first-order chi connectivity index (χ1) is 8.84. The van der Waals surface area contributed by atoms with Crippen molar-refractivity contribution in [3.05, 3.63) is 59.7 Å². The fraction of sp³-hybridized carbons (Fsp3) is 0.235. The minimum Gasteiger partial charge on any atom is -0.300 e. The van der Waals surface area contributed by atoms with E-state index in [9.17, 15) is 4.79 Å². The lowest BCUT2D eigenvalue weighted by Gasteiger charge is -2.05. The molecule has 2 aromatic rings. The summed E-state index contributed by atoms with van der Waals surface area (Å²) in [6.07, 6.45) is 3.94. The summed E-state index contributed by atoms with van der Waals surface area (Å²) in [5.41, 5.74) is 5.75. The summed E-state index contributed by atoms with van der Waals surface area (Å²) >= 11 is 0. The highest BCUT2D eigenvalue weighted by Gasteiger charge is 2.15. The van der Waals surface area contributed by atoms with Gasteiger partial charge in [0.05, 0.1) is 0 Å². The number of benzene rings is 2. The maximum absolute atomic E-state index is 9.90. The molecular weight excluding hydrogens is 220 g/mol. The van der Waals surface area contributed by atoms with Gasteiger partial charge in [0.25, 0.3) is 0 Å². The van der Waals surface area contributed by atoms with Gasteiger partial charge in [-0.25, -0.2) is 0 Å². The molecule has 0 aliphatic heterocycles. The summed E-state index contributed by atoms with van der Waals surface area (Å²) in [6, 6.07) is 17.3. The Kier molecular flexibility index (Phi) is 2.97. The molecule has 18 heavy (non-hydrogen) atoms. The molecular formula is C17H16O. The van der Waals surface area contributed by atoms with E-state index in [0.29, 0.717) is 5.78 Å². The van der Waals surface area contributed by atoms with Crippen LogP contribution in [0.15, 0.2) is 48.5 Å². The molecule has 0 spiro atoms. The number of hydrogen-bond donors (Lipinski definition) is 0. The minimum absolute atomic E-state index is 0.435. The van der Waals surface area contributed by atoms with Crippen LogP contribution in [0.3, 0.4) is 0 Å². The Hall–Kier alpha value is -1.89. The Balaban J connectivity index is 0.000000169. The molecule has 2 aromatic carbocycles. The predicted octanol–water partition coefficient (Wildman–Crippen LogP) is 4.00. The summed E-state index contributed by atoms with van der Waals surface area (Å²) in [6.45, 7) is 0. The van der Waals surface area contributed by atoms with Gasteiger partial charge in [-0.1, -0.05) is 48.5 Å². The summed E-state index contributed by atoms with van der Waals surface area (Å²) in [4.78, 5) is 9.90. The first-order valence-electron chi connectivity index (χ1n) is 6.52. The third-order valence-electron chi connectivity index (χ3n) is 3.62. The van der Waals surface area contributed by atoms with Crippen LogP contribution in [0, 0.1) is 0 Å². The van der Waals surface area contributed by atoms with Gasteiger partial charge in [0.1, 0.15) is 5.78 Å². The number of fused-ring (bicyclic) bond motifs is 3. The van der Waals surface area contributed by atoms with E-state index in [2.05, 4.69) is 48.5 Å². The van der Waals surface area contributed by atoms with Crippen LogP contribution in [0.25, 0.3) is 11.1 Å². The smallest absolute Gasteiger partial charge is 0.132 e. The zero-order valence-corrected chi connectivity index (χ0v) is 10.4. The average Bonchev–Trinajstić information content (AvgIpc) is 2.76. The molecule has 0 atom stereocenters. The van der Waals surface area contributed by atoms with Crippen molar-refractivity contribution in [2.24, 2.45) is 0 Å². The Morgan fingerprint density at radius 3 is 1.56 bits per heavy atom. The van der Waals surface area contributed by atoms with Crippen molar-refractivity contribution in [3.63, 3.8) is 0 Å². The molecule has 0 aromatic heterocycles. The van der Waals surface area contributed by atoms with E-state index in [1.807, 2.05) is 0 Å². The zero-order chi connectivity index (χ0) is 12.4. The second-order valence-corrected chi connectivity index (χ2v) is 4.88. The van der Waals surface area contributed by atoms with Gasteiger partial charge in [-0.3, -0.25) is 4.79 Å². The first-order valence-corrected chi connectivity index (χ1v) is 6.52. The summed E-state index contributed by atoms with van der Waals surface area (Å²) in [5.74, 6) is 0.435. The number of hydrogen-bond acceptors (Lipinski definition) is 1. The molecule has 0 radical (unpaired) electrons. The lowest BCUT2D eigenvalue weighted by molar-refractivity contribution is -0.123. The van der Waals surface area contributed by atoms with Gasteiger partial charge < -0.3 is 0 Å². The lowest BCUT2D eigenvalue weighted by Crippen LogP contribution is -2.07. The zero-order valence-electron chi connectivity index (χ0n) is 10.4. The second-order valence-electron chi connectivity index (χ2n) is 4.88. The number of rotatable bonds is 0. The van der Waals surface area contributed by atoms with Crippen LogP contribution in [0.4, 0.5) is 0 Å². The summed E-state index contributed by atoms with van der Waals surface area (Å²) in [7, 11) is 0. The van der Waals surface area contributed by atoms with E-state index in [4.69, 9.17) is 0 Å². The molecule has 1 fully saturated rings. The van der Waals surface area contributed by atoms with Crippen molar-refractivity contribution in [1.82, 2.24) is 0 Å². The largest absolute Gasteiger partial charge is 0.300 e. The Bertz CT molecular complexity index is 534. The van der Waals surface area contributed by atoms with Crippen LogP contribution in [-0.4, -0.2) is 5.78 Å². The fourth-order valence-electron chi connectivity index (χ4n) is 2.40. The average molecular weight is 236 g/mol. The quantitative estimate of drug-likeness (QED) is 0.576. The highest BCUT2D eigenvalue weighted by atomic mass is 16.1. The maximum atomic E-state index is 9.90. The van der Waals surface area contributed by atoms with Gasteiger partial charge in [0, 0.05) is 12.8 Å². The number of carbonyl (C=O) groups is 1. The van der Waals surface area contributed by atoms with Crippen molar-refractivity contribution in [3.8, 4) is 11.1 Å². The van der Waals surface area contributed by atoms with Gasteiger partial charge in [0.2, 0.25) is 0 Å². The van der Waals surface area contributed by atoms with E-state index >= 15 is 0 Å². The molecule has 0 unspecified atom stereocenters. The third kappa shape index (κ3) is 2.08. The standard InChI is InChI=1S/C13H10.C4H6O/c1-3-7-12-10(5-1)9-11-6-2-4-8-13(11)12;5-4-2-1-3-4/h1-8H,9H2;1-3H2. The van der Waals surface area contributed by atoms with Gasteiger partial charge >= 0.3 is 0 Å². The van der Waals surface area contributed by atoms with Crippen LogP contribution in [-0.2, 0) is 11.2 Å². The van der Waals surface area contributed by atoms with Crippen LogP contribution in [0.5, 0.6) is 0 Å². The van der Waals surface area contributed by atoms with E-state index in [1.54, 1.807) is 0 Å². The van der Waals surface area contributed by atoms with Crippen molar-refractivity contribution < 1.29 is 4.79 Å². The molecule has 2 aliphatic rings. The first kappa shape index (κ1) is 11.2. The van der Waals surface area contributed by atoms with Crippen LogP contribution in [0.2, 0.25) is 0 Å². The van der Waals surface area contributed by atoms with Crippen LogP contribution in [0.1, 0.15) is 30.4 Å².